The molecule has 0 bridgehead atoms. The highest BCUT2D eigenvalue weighted by atomic mass is 16.3. The Morgan fingerprint density at radius 2 is 1.79 bits per heavy atom. The van der Waals surface area contributed by atoms with Crippen molar-refractivity contribution in [3.05, 3.63) is 11.6 Å². The van der Waals surface area contributed by atoms with Gasteiger partial charge in [0.2, 0.25) is 5.91 Å². The molecule has 2 N–H and O–H groups in total. The van der Waals surface area contributed by atoms with Crippen LogP contribution in [0, 0.1) is 46.3 Å². The zero-order valence-corrected chi connectivity index (χ0v) is 19.3. The van der Waals surface area contributed by atoms with Crippen LogP contribution in [0.1, 0.15) is 86.0 Å². The number of carbonyl (C=O) groups excluding carboxylic acids is 1. The molecule has 4 aliphatic carbocycles. The molecule has 3 saturated carbocycles. The van der Waals surface area contributed by atoms with Gasteiger partial charge in [0, 0.05) is 12.5 Å². The molecule has 8 atom stereocenters. The minimum Gasteiger partial charge on any atom is -0.393 e. The van der Waals surface area contributed by atoms with Crippen LogP contribution in [-0.4, -0.2) is 23.7 Å². The third kappa shape index (κ3) is 3.50. The molecular weight excluding hydrogens is 358 g/mol. The molecule has 0 aliphatic heterocycles. The Labute approximate surface area is 178 Å². The fourth-order valence-corrected chi connectivity index (χ4v) is 8.00. The van der Waals surface area contributed by atoms with Crippen molar-refractivity contribution >= 4 is 5.91 Å². The van der Waals surface area contributed by atoms with Gasteiger partial charge in [-0.05, 0) is 91.8 Å². The minimum atomic E-state index is -0.0852. The molecule has 3 nitrogen and oxygen atoms in total. The summed E-state index contributed by atoms with van der Waals surface area (Å²) in [4.78, 5) is 12.9. The molecule has 29 heavy (non-hydrogen) atoms. The summed E-state index contributed by atoms with van der Waals surface area (Å²) in [6.45, 7) is 12.3. The maximum atomic E-state index is 12.9. The number of rotatable bonds is 4. The number of aliphatic hydroxyl groups excluding tert-OH is 1. The van der Waals surface area contributed by atoms with Gasteiger partial charge >= 0.3 is 0 Å². The second-order valence-electron chi connectivity index (χ2n) is 11.8. The van der Waals surface area contributed by atoms with Gasteiger partial charge in [0.05, 0.1) is 6.10 Å². The van der Waals surface area contributed by atoms with E-state index in [-0.39, 0.29) is 23.3 Å². The van der Waals surface area contributed by atoms with E-state index < -0.39 is 0 Å². The van der Waals surface area contributed by atoms with E-state index in [1.165, 1.54) is 32.1 Å². The van der Waals surface area contributed by atoms with Gasteiger partial charge in [-0.3, -0.25) is 4.79 Å². The lowest BCUT2D eigenvalue weighted by molar-refractivity contribution is -0.128. The molecule has 0 aromatic rings. The number of hydrogen-bond acceptors (Lipinski definition) is 2. The largest absolute Gasteiger partial charge is 0.393 e. The van der Waals surface area contributed by atoms with Crippen LogP contribution in [0.4, 0.5) is 0 Å². The lowest BCUT2D eigenvalue weighted by atomic mass is 9.47. The summed E-state index contributed by atoms with van der Waals surface area (Å²) < 4.78 is 0. The van der Waals surface area contributed by atoms with E-state index >= 15 is 0 Å². The van der Waals surface area contributed by atoms with Crippen molar-refractivity contribution < 1.29 is 9.90 Å². The number of nitrogens with one attached hydrogen (secondary N) is 1. The van der Waals surface area contributed by atoms with Gasteiger partial charge in [-0.15, -0.1) is 0 Å². The summed E-state index contributed by atoms with van der Waals surface area (Å²) in [7, 11) is 0. The maximum absolute atomic E-state index is 12.9. The fraction of sp³-hybridized carbons (Fsp3) is 0.885. The van der Waals surface area contributed by atoms with Crippen molar-refractivity contribution in [3.63, 3.8) is 0 Å². The van der Waals surface area contributed by atoms with Gasteiger partial charge in [0.25, 0.3) is 0 Å². The summed E-state index contributed by atoms with van der Waals surface area (Å²) in [6.07, 6.45) is 11.8. The van der Waals surface area contributed by atoms with E-state index in [4.69, 9.17) is 0 Å². The van der Waals surface area contributed by atoms with Crippen LogP contribution < -0.4 is 5.32 Å². The molecule has 4 aliphatic rings. The molecule has 0 spiro atoms. The average molecular weight is 402 g/mol. The topological polar surface area (TPSA) is 49.3 Å². The molecule has 0 saturated heterocycles. The smallest absolute Gasteiger partial charge is 0.223 e. The van der Waals surface area contributed by atoms with Crippen LogP contribution in [0.15, 0.2) is 11.6 Å². The summed E-state index contributed by atoms with van der Waals surface area (Å²) in [6, 6.07) is 0. The molecule has 0 radical (unpaired) electrons. The minimum absolute atomic E-state index is 0.0852. The Kier molecular flexibility index (Phi) is 5.68. The molecular formula is C26H43NO2. The van der Waals surface area contributed by atoms with Crippen LogP contribution in [0.25, 0.3) is 0 Å². The second kappa shape index (κ2) is 7.70. The van der Waals surface area contributed by atoms with Gasteiger partial charge in [-0.25, -0.2) is 0 Å². The number of fused-ring (bicyclic) bond motifs is 5. The number of aliphatic hydroxyl groups is 1. The van der Waals surface area contributed by atoms with Crippen LogP contribution >= 0.6 is 0 Å². The average Bonchev–Trinajstić information content (AvgIpc) is 3.03. The van der Waals surface area contributed by atoms with Crippen LogP contribution in [0.2, 0.25) is 0 Å². The van der Waals surface area contributed by atoms with E-state index in [1.807, 2.05) is 0 Å². The maximum Gasteiger partial charge on any atom is 0.223 e. The van der Waals surface area contributed by atoms with Crippen molar-refractivity contribution in [1.82, 2.24) is 5.32 Å². The summed E-state index contributed by atoms with van der Waals surface area (Å²) in [5.74, 6) is 3.40. The first kappa shape index (κ1) is 21.4. The highest BCUT2D eigenvalue weighted by Gasteiger charge is 2.58. The van der Waals surface area contributed by atoms with Crippen LogP contribution in [0.5, 0.6) is 0 Å². The predicted molar refractivity (Wildman–Crippen MR) is 118 cm³/mol. The molecule has 4 rings (SSSR count). The van der Waals surface area contributed by atoms with Crippen molar-refractivity contribution in [2.45, 2.75) is 92.1 Å². The number of carbonyl (C=O) groups is 1. The second-order valence-corrected chi connectivity index (χ2v) is 11.8. The molecule has 164 valence electrons. The van der Waals surface area contributed by atoms with E-state index in [2.05, 4.69) is 46.0 Å². The zero-order chi connectivity index (χ0) is 21.0. The lowest BCUT2D eigenvalue weighted by Gasteiger charge is -2.57. The molecule has 0 aromatic heterocycles. The third-order valence-corrected chi connectivity index (χ3v) is 9.83. The van der Waals surface area contributed by atoms with Crippen molar-refractivity contribution in [2.75, 3.05) is 6.54 Å². The van der Waals surface area contributed by atoms with Gasteiger partial charge in [0.15, 0.2) is 0 Å². The summed E-state index contributed by atoms with van der Waals surface area (Å²) in [5.41, 5.74) is 2.39. The zero-order valence-electron chi connectivity index (χ0n) is 19.3. The highest BCUT2D eigenvalue weighted by molar-refractivity contribution is 5.78. The quantitative estimate of drug-likeness (QED) is 0.625. The number of amides is 1. The monoisotopic (exact) mass is 401 g/mol. The van der Waals surface area contributed by atoms with E-state index in [1.54, 1.807) is 5.57 Å². The van der Waals surface area contributed by atoms with Gasteiger partial charge < -0.3 is 10.4 Å². The molecule has 3 fully saturated rings. The molecule has 3 heteroatoms. The first-order valence-electron chi connectivity index (χ1n) is 12.3. The molecule has 1 amide bonds. The van der Waals surface area contributed by atoms with E-state index in [0.717, 1.165) is 25.8 Å². The fourth-order valence-electron chi connectivity index (χ4n) is 8.00. The molecule has 0 unspecified atom stereocenters. The standard InChI is InChI=1S/C26H43NO2/c1-16(2)15-27-24(29)17(3)21-8-9-22-20-7-6-18-14-19(28)10-12-25(18,4)23(20)11-13-26(21,22)5/h7,16-19,21-23,28H,6,8-15H2,1-5H3,(H,27,29)/t17-,18-,19-,21+,22-,23-,25-,26+/m0/s1. The Bertz CT molecular complexity index is 670. The first-order chi connectivity index (χ1) is 13.7. The van der Waals surface area contributed by atoms with Gasteiger partial charge in [0.1, 0.15) is 0 Å². The van der Waals surface area contributed by atoms with E-state index in [0.29, 0.717) is 35.0 Å². The summed E-state index contributed by atoms with van der Waals surface area (Å²) in [5, 5.41) is 13.4. The van der Waals surface area contributed by atoms with Crippen LogP contribution in [0.3, 0.4) is 0 Å². The number of hydrogen-bond donors (Lipinski definition) is 2. The van der Waals surface area contributed by atoms with Crippen LogP contribution in [-0.2, 0) is 4.79 Å². The van der Waals surface area contributed by atoms with Crippen molar-refractivity contribution in [3.8, 4) is 0 Å². The van der Waals surface area contributed by atoms with Crippen molar-refractivity contribution in [2.24, 2.45) is 46.3 Å². The normalized spacial score (nSPS) is 45.1. The predicted octanol–water partition coefficient (Wildman–Crippen LogP) is 5.33. The Balaban J connectivity index is 1.53. The lowest BCUT2D eigenvalue weighted by Crippen LogP contribution is -2.50. The Morgan fingerprint density at radius 3 is 2.52 bits per heavy atom. The number of allylic oxidation sites excluding steroid dienone is 2. The highest BCUT2D eigenvalue weighted by Crippen LogP contribution is 2.66. The SMILES string of the molecule is CC(C)CNC(=O)[C@@H](C)[C@H]1CC[C@H]2C3=CC[C@H]4C[C@@H](O)CC[C@]4(C)[C@H]3CC[C@]12C. The van der Waals surface area contributed by atoms with E-state index in [9.17, 15) is 9.90 Å². The molecule has 0 heterocycles. The first-order valence-corrected chi connectivity index (χ1v) is 12.3. The van der Waals surface area contributed by atoms with Gasteiger partial charge in [-0.2, -0.15) is 0 Å². The third-order valence-electron chi connectivity index (χ3n) is 9.83. The Hall–Kier alpha value is -0.830. The van der Waals surface area contributed by atoms with Crippen molar-refractivity contribution in [1.29, 1.82) is 0 Å². The molecule has 0 aromatic carbocycles. The van der Waals surface area contributed by atoms with Gasteiger partial charge in [-0.1, -0.05) is 46.3 Å². The summed E-state index contributed by atoms with van der Waals surface area (Å²) >= 11 is 0. The Morgan fingerprint density at radius 1 is 1.10 bits per heavy atom.